The number of hydrogen-bond donors (Lipinski definition) is 1. The van der Waals surface area contributed by atoms with E-state index in [0.717, 1.165) is 16.7 Å². The number of rotatable bonds is 5. The first-order valence-corrected chi connectivity index (χ1v) is 10.4. The Morgan fingerprint density at radius 3 is 2.07 bits per heavy atom. The molecule has 4 nitrogen and oxygen atoms in total. The van der Waals surface area contributed by atoms with Crippen LogP contribution in [-0.4, -0.2) is 23.6 Å². The van der Waals surface area contributed by atoms with Crippen molar-refractivity contribution in [2.45, 2.75) is 28.4 Å². The van der Waals surface area contributed by atoms with Gasteiger partial charge in [-0.2, -0.15) is 0 Å². The van der Waals surface area contributed by atoms with E-state index in [1.807, 2.05) is 78.9 Å². The lowest BCUT2D eigenvalue weighted by Gasteiger charge is -2.29. The zero-order valence-electron chi connectivity index (χ0n) is 15.5. The fourth-order valence-electron chi connectivity index (χ4n) is 3.50. The molecule has 1 N–H and O–H groups in total. The van der Waals surface area contributed by atoms with Crippen LogP contribution in [0.15, 0.2) is 88.7 Å². The van der Waals surface area contributed by atoms with Crippen LogP contribution in [0.3, 0.4) is 0 Å². The second-order valence-corrected chi connectivity index (χ2v) is 8.11. The maximum absolute atomic E-state index is 13.0. The van der Waals surface area contributed by atoms with Crippen LogP contribution in [0, 0.1) is 0 Å². The largest absolute Gasteiger partial charge is 0.606 e. The number of carbonyl (C=O) groups excluding carboxylic acids is 1. The number of nitrogens with one attached hydrogen (secondary N) is 1. The summed E-state index contributed by atoms with van der Waals surface area (Å²) in [6, 6.07) is 24.3. The van der Waals surface area contributed by atoms with E-state index in [0.29, 0.717) is 16.2 Å². The minimum Gasteiger partial charge on any atom is -0.606 e. The van der Waals surface area contributed by atoms with Gasteiger partial charge in [0.25, 0.3) is 0 Å². The minimum absolute atomic E-state index is 0.325. The van der Waals surface area contributed by atoms with Crippen molar-refractivity contribution in [1.29, 1.82) is 0 Å². The summed E-state index contributed by atoms with van der Waals surface area (Å²) in [6.07, 6.45) is -0.0257. The molecule has 3 aromatic rings. The van der Waals surface area contributed by atoms with Crippen molar-refractivity contribution in [3.63, 3.8) is 0 Å². The molecule has 4 rings (SSSR count). The van der Waals surface area contributed by atoms with Crippen molar-refractivity contribution >= 4 is 17.1 Å². The summed E-state index contributed by atoms with van der Waals surface area (Å²) in [7, 11) is 1.76. The molecule has 1 heterocycles. The van der Waals surface area contributed by atoms with Crippen LogP contribution >= 0.6 is 0 Å². The molecule has 1 aliphatic heterocycles. The van der Waals surface area contributed by atoms with Gasteiger partial charge in [0.1, 0.15) is 6.04 Å². The van der Waals surface area contributed by atoms with Crippen LogP contribution < -0.4 is 5.32 Å². The number of carbonyl (C=O) groups is 1. The highest BCUT2D eigenvalue weighted by molar-refractivity contribution is 7.91. The predicted molar refractivity (Wildman–Crippen MR) is 108 cm³/mol. The highest BCUT2D eigenvalue weighted by Crippen LogP contribution is 2.42. The van der Waals surface area contributed by atoms with E-state index in [1.54, 1.807) is 7.05 Å². The summed E-state index contributed by atoms with van der Waals surface area (Å²) in [5, 5.41) is 3.06. The Balaban J connectivity index is 1.64. The predicted octanol–water partition coefficient (Wildman–Crippen LogP) is 3.63. The Hall–Kier alpha value is -2.60. The van der Waals surface area contributed by atoms with Crippen molar-refractivity contribution in [3.05, 3.63) is 95.6 Å². The molecule has 142 valence electrons. The van der Waals surface area contributed by atoms with E-state index < -0.39 is 23.3 Å². The lowest BCUT2D eigenvalue weighted by atomic mass is 10.00. The van der Waals surface area contributed by atoms with E-state index >= 15 is 0 Å². The third-order valence-corrected chi connectivity index (χ3v) is 6.49. The normalized spacial score (nSPS) is 18.6. The molecule has 5 heteroatoms. The van der Waals surface area contributed by atoms with Crippen molar-refractivity contribution in [2.75, 3.05) is 7.05 Å². The van der Waals surface area contributed by atoms with Gasteiger partial charge in [-0.15, -0.1) is 0 Å². The molecule has 1 unspecified atom stereocenters. The first-order valence-electron chi connectivity index (χ1n) is 9.20. The minimum atomic E-state index is -1.28. The van der Waals surface area contributed by atoms with Gasteiger partial charge in [-0.05, 0) is 43.3 Å². The lowest BCUT2D eigenvalue weighted by Crippen LogP contribution is -2.38. The molecular weight excluding hydrogens is 370 g/mol. The zero-order chi connectivity index (χ0) is 19.5. The lowest BCUT2D eigenvalue weighted by molar-refractivity contribution is -0.150. The number of esters is 1. The Morgan fingerprint density at radius 1 is 0.964 bits per heavy atom. The molecule has 0 aliphatic carbocycles. The molecule has 1 atom stereocenters. The van der Waals surface area contributed by atoms with E-state index in [2.05, 4.69) is 5.32 Å². The smallest absolute Gasteiger partial charge is 0.324 e. The van der Waals surface area contributed by atoms with Gasteiger partial charge in [0.05, 0.1) is 11.1 Å². The second-order valence-electron chi connectivity index (χ2n) is 6.69. The Morgan fingerprint density at radius 2 is 1.50 bits per heavy atom. The molecule has 0 saturated carbocycles. The van der Waals surface area contributed by atoms with Crippen LogP contribution in [0.2, 0.25) is 0 Å². The number of benzene rings is 3. The van der Waals surface area contributed by atoms with Crippen molar-refractivity contribution in [3.8, 4) is 0 Å². The maximum atomic E-state index is 13.0. The van der Waals surface area contributed by atoms with Crippen LogP contribution in [-0.2, 0) is 27.1 Å². The van der Waals surface area contributed by atoms with E-state index in [1.165, 1.54) is 0 Å². The molecule has 0 fully saturated rings. The molecule has 0 bridgehead atoms. The Labute approximate surface area is 167 Å². The average Bonchev–Trinajstić information content (AvgIpc) is 2.75. The number of fused-ring (bicyclic) bond motifs is 2. The fraction of sp³-hybridized carbons (Fsp3) is 0.174. The van der Waals surface area contributed by atoms with Gasteiger partial charge in [0.2, 0.25) is 0 Å². The molecule has 1 aliphatic rings. The van der Waals surface area contributed by atoms with Gasteiger partial charge in [-0.3, -0.25) is 4.79 Å². The number of hydrogen-bond acceptors (Lipinski definition) is 4. The van der Waals surface area contributed by atoms with Gasteiger partial charge in [-0.1, -0.05) is 54.6 Å². The van der Waals surface area contributed by atoms with Gasteiger partial charge < -0.3 is 14.6 Å². The monoisotopic (exact) mass is 391 g/mol. The standard InChI is InChI=1S/C23H21NO3S/c1-24-19(15-16-9-3-2-4-10-16)23(25)27-22-17-11-5-7-13-20(17)28(26)21-14-8-6-12-18(21)22/h2-14,19,22,24H,15H2,1H3. The second kappa shape index (κ2) is 8.19. The van der Waals surface area contributed by atoms with Gasteiger partial charge in [0, 0.05) is 11.2 Å². The van der Waals surface area contributed by atoms with Gasteiger partial charge in [-0.25, -0.2) is 0 Å². The Kier molecular flexibility index (Phi) is 5.48. The molecule has 0 aromatic heterocycles. The third kappa shape index (κ3) is 3.56. The van der Waals surface area contributed by atoms with Crippen LogP contribution in [0.5, 0.6) is 0 Å². The summed E-state index contributed by atoms with van der Waals surface area (Å²) in [6.45, 7) is 0. The zero-order valence-corrected chi connectivity index (χ0v) is 16.3. The summed E-state index contributed by atoms with van der Waals surface area (Å²) in [5.74, 6) is -0.325. The SMILES string of the molecule is CNC(Cc1ccccc1)C(=O)OC1c2ccccc2[S+]([O-])c2ccccc21. The first kappa shape index (κ1) is 18.7. The quantitative estimate of drug-likeness (QED) is 0.533. The fourth-order valence-corrected chi connectivity index (χ4v) is 4.92. The first-order chi connectivity index (χ1) is 13.7. The molecule has 0 radical (unpaired) electrons. The van der Waals surface area contributed by atoms with E-state index in [4.69, 9.17) is 4.74 Å². The molecule has 28 heavy (non-hydrogen) atoms. The van der Waals surface area contributed by atoms with E-state index in [-0.39, 0.29) is 5.97 Å². The van der Waals surface area contributed by atoms with Crippen molar-refractivity contribution in [2.24, 2.45) is 0 Å². The van der Waals surface area contributed by atoms with Crippen LogP contribution in [0.4, 0.5) is 0 Å². The number of likely N-dealkylation sites (N-methyl/N-ethyl adjacent to an activating group) is 1. The third-order valence-electron chi connectivity index (χ3n) is 4.95. The average molecular weight is 391 g/mol. The van der Waals surface area contributed by atoms with Gasteiger partial charge >= 0.3 is 5.97 Å². The summed E-state index contributed by atoms with van der Waals surface area (Å²) in [4.78, 5) is 14.4. The summed E-state index contributed by atoms with van der Waals surface area (Å²) >= 11 is -1.28. The van der Waals surface area contributed by atoms with Crippen LogP contribution in [0.1, 0.15) is 22.8 Å². The van der Waals surface area contributed by atoms with Crippen LogP contribution in [0.25, 0.3) is 0 Å². The maximum Gasteiger partial charge on any atom is 0.324 e. The topological polar surface area (TPSA) is 61.4 Å². The highest BCUT2D eigenvalue weighted by atomic mass is 32.2. The van der Waals surface area contributed by atoms with Crippen molar-refractivity contribution in [1.82, 2.24) is 5.32 Å². The Bertz CT molecular complexity index is 929. The number of ether oxygens (including phenoxy) is 1. The summed E-state index contributed by atoms with van der Waals surface area (Å²) in [5.41, 5.74) is 2.62. The molecule has 0 amide bonds. The molecular formula is C23H21NO3S. The molecule has 3 aromatic carbocycles. The van der Waals surface area contributed by atoms with E-state index in [9.17, 15) is 9.35 Å². The van der Waals surface area contributed by atoms with Crippen molar-refractivity contribution < 1.29 is 14.1 Å². The highest BCUT2D eigenvalue weighted by Gasteiger charge is 2.38. The molecule has 0 saturated heterocycles. The van der Waals surface area contributed by atoms with Gasteiger partial charge in [0.15, 0.2) is 15.9 Å². The molecule has 0 spiro atoms. The summed E-state index contributed by atoms with van der Waals surface area (Å²) < 4.78 is 18.9.